The summed E-state index contributed by atoms with van der Waals surface area (Å²) in [5.74, 6) is 2.63. The molecule has 0 aliphatic rings. The third kappa shape index (κ3) is 4.66. The van der Waals surface area contributed by atoms with Crippen molar-refractivity contribution in [2.45, 2.75) is 48.1 Å². The summed E-state index contributed by atoms with van der Waals surface area (Å²) in [6.45, 7) is 14.6. The molecule has 0 atom stereocenters. The molecule has 4 nitrogen and oxygen atoms in total. The van der Waals surface area contributed by atoms with Crippen molar-refractivity contribution in [3.8, 4) is 0 Å². The highest BCUT2D eigenvalue weighted by molar-refractivity contribution is 5.30. The van der Waals surface area contributed by atoms with Crippen LogP contribution in [-0.4, -0.2) is 16.1 Å². The Hall–Kier alpha value is -1.32. The number of nitrogens with one attached hydrogen (secondary N) is 1. The maximum Gasteiger partial charge on any atom is 0.293 e. The fraction of sp³-hybridized carbons (Fsp3) is 0.750. The van der Waals surface area contributed by atoms with Gasteiger partial charge in [-0.1, -0.05) is 41.5 Å². The third-order valence-electron chi connectivity index (χ3n) is 3.69. The standard InChI is InChI=1S/C16H29N3O/c1-11(2)10-19-8-7-17-15(16(19)20)18-9-14(12(3)4)13(5)6/h7-8,11-14H,9-10H2,1-6H3,(H,17,18). The molecule has 20 heavy (non-hydrogen) atoms. The average molecular weight is 279 g/mol. The number of hydrogen-bond acceptors (Lipinski definition) is 3. The molecule has 1 aromatic heterocycles. The minimum absolute atomic E-state index is 0.0209. The van der Waals surface area contributed by atoms with Gasteiger partial charge in [0.25, 0.3) is 5.56 Å². The van der Waals surface area contributed by atoms with Gasteiger partial charge in [-0.05, 0) is 23.7 Å². The normalized spacial score (nSPS) is 11.9. The van der Waals surface area contributed by atoms with E-state index in [1.807, 2.05) is 0 Å². The predicted octanol–water partition coefficient (Wildman–Crippen LogP) is 3.24. The maximum atomic E-state index is 12.3. The van der Waals surface area contributed by atoms with Crippen molar-refractivity contribution in [2.75, 3.05) is 11.9 Å². The van der Waals surface area contributed by atoms with Gasteiger partial charge in [-0.3, -0.25) is 4.79 Å². The molecule has 4 heteroatoms. The zero-order valence-corrected chi connectivity index (χ0v) is 13.7. The van der Waals surface area contributed by atoms with E-state index < -0.39 is 0 Å². The lowest BCUT2D eigenvalue weighted by molar-refractivity contribution is 0.304. The molecule has 0 aliphatic heterocycles. The Bertz CT molecular complexity index is 455. The van der Waals surface area contributed by atoms with E-state index in [2.05, 4.69) is 51.8 Å². The number of aromatic nitrogens is 2. The van der Waals surface area contributed by atoms with Gasteiger partial charge in [-0.25, -0.2) is 4.98 Å². The molecule has 1 heterocycles. The van der Waals surface area contributed by atoms with E-state index >= 15 is 0 Å². The largest absolute Gasteiger partial charge is 0.365 e. The number of rotatable bonds is 7. The number of nitrogens with zero attached hydrogens (tertiary/aromatic N) is 2. The highest BCUT2D eigenvalue weighted by Gasteiger charge is 2.18. The first-order valence-corrected chi connectivity index (χ1v) is 7.62. The SMILES string of the molecule is CC(C)Cn1ccnc(NCC(C(C)C)C(C)C)c1=O. The third-order valence-corrected chi connectivity index (χ3v) is 3.69. The van der Waals surface area contributed by atoms with Crippen molar-refractivity contribution in [3.63, 3.8) is 0 Å². The highest BCUT2D eigenvalue weighted by atomic mass is 16.1. The van der Waals surface area contributed by atoms with Crippen LogP contribution in [0.2, 0.25) is 0 Å². The van der Waals surface area contributed by atoms with Crippen molar-refractivity contribution < 1.29 is 0 Å². The van der Waals surface area contributed by atoms with Crippen molar-refractivity contribution in [1.29, 1.82) is 0 Å². The van der Waals surface area contributed by atoms with E-state index in [1.165, 1.54) is 0 Å². The number of hydrogen-bond donors (Lipinski definition) is 1. The Morgan fingerprint density at radius 2 is 1.75 bits per heavy atom. The van der Waals surface area contributed by atoms with Crippen molar-refractivity contribution in [3.05, 3.63) is 22.7 Å². The Balaban J connectivity index is 2.80. The van der Waals surface area contributed by atoms with Crippen LogP contribution in [0.15, 0.2) is 17.2 Å². The second-order valence-electron chi connectivity index (χ2n) is 6.66. The van der Waals surface area contributed by atoms with Crippen LogP contribution in [0.25, 0.3) is 0 Å². The molecular formula is C16H29N3O. The lowest BCUT2D eigenvalue weighted by Crippen LogP contribution is -2.30. The zero-order valence-electron chi connectivity index (χ0n) is 13.7. The van der Waals surface area contributed by atoms with Crippen molar-refractivity contribution >= 4 is 5.82 Å². The molecule has 114 valence electrons. The summed E-state index contributed by atoms with van der Waals surface area (Å²) in [5, 5.41) is 3.24. The molecule has 0 aromatic carbocycles. The second kappa shape index (κ2) is 7.46. The predicted molar refractivity (Wildman–Crippen MR) is 85.0 cm³/mol. The summed E-state index contributed by atoms with van der Waals surface area (Å²) in [6, 6.07) is 0. The lowest BCUT2D eigenvalue weighted by Gasteiger charge is -2.25. The molecule has 0 spiro atoms. The van der Waals surface area contributed by atoms with Gasteiger partial charge in [0, 0.05) is 25.5 Å². The molecule has 0 aliphatic carbocycles. The molecule has 0 unspecified atom stereocenters. The van der Waals surface area contributed by atoms with Gasteiger partial charge in [0.1, 0.15) is 0 Å². The van der Waals surface area contributed by atoms with Crippen LogP contribution in [0.4, 0.5) is 5.82 Å². The van der Waals surface area contributed by atoms with Gasteiger partial charge in [-0.2, -0.15) is 0 Å². The zero-order chi connectivity index (χ0) is 15.3. The summed E-state index contributed by atoms with van der Waals surface area (Å²) >= 11 is 0. The van der Waals surface area contributed by atoms with Crippen LogP contribution in [0.3, 0.4) is 0 Å². The van der Waals surface area contributed by atoms with Gasteiger partial charge >= 0.3 is 0 Å². The van der Waals surface area contributed by atoms with E-state index in [0.717, 1.165) is 13.1 Å². The van der Waals surface area contributed by atoms with E-state index in [-0.39, 0.29) is 5.56 Å². The first-order chi connectivity index (χ1) is 9.32. The fourth-order valence-electron chi connectivity index (χ4n) is 2.56. The number of anilines is 1. The average Bonchev–Trinajstić information content (AvgIpc) is 2.32. The fourth-order valence-corrected chi connectivity index (χ4v) is 2.56. The van der Waals surface area contributed by atoms with Crippen molar-refractivity contribution in [2.24, 2.45) is 23.7 Å². The maximum absolute atomic E-state index is 12.3. The van der Waals surface area contributed by atoms with Gasteiger partial charge in [0.05, 0.1) is 0 Å². The summed E-state index contributed by atoms with van der Waals surface area (Å²) in [7, 11) is 0. The highest BCUT2D eigenvalue weighted by Crippen LogP contribution is 2.20. The quantitative estimate of drug-likeness (QED) is 0.833. The molecule has 0 radical (unpaired) electrons. The van der Waals surface area contributed by atoms with Gasteiger partial charge in [-0.15, -0.1) is 0 Å². The Morgan fingerprint density at radius 1 is 1.15 bits per heavy atom. The van der Waals surface area contributed by atoms with Gasteiger partial charge in [0.15, 0.2) is 5.82 Å². The first-order valence-electron chi connectivity index (χ1n) is 7.62. The summed E-state index contributed by atoms with van der Waals surface area (Å²) in [4.78, 5) is 16.5. The van der Waals surface area contributed by atoms with Crippen LogP contribution < -0.4 is 10.9 Å². The van der Waals surface area contributed by atoms with E-state index in [1.54, 1.807) is 17.0 Å². The minimum atomic E-state index is -0.0209. The molecule has 1 aromatic rings. The summed E-state index contributed by atoms with van der Waals surface area (Å²) < 4.78 is 1.74. The van der Waals surface area contributed by atoms with E-state index in [0.29, 0.717) is 29.5 Å². The van der Waals surface area contributed by atoms with Crippen LogP contribution in [0, 0.1) is 23.7 Å². The minimum Gasteiger partial charge on any atom is -0.365 e. The van der Waals surface area contributed by atoms with Crippen molar-refractivity contribution in [1.82, 2.24) is 9.55 Å². The monoisotopic (exact) mass is 279 g/mol. The van der Waals surface area contributed by atoms with Crippen LogP contribution >= 0.6 is 0 Å². The molecule has 0 bridgehead atoms. The Kier molecular flexibility index (Phi) is 6.24. The van der Waals surface area contributed by atoms with Gasteiger partial charge < -0.3 is 9.88 Å². The molecule has 0 saturated carbocycles. The van der Waals surface area contributed by atoms with E-state index in [4.69, 9.17) is 0 Å². The first kappa shape index (κ1) is 16.7. The smallest absolute Gasteiger partial charge is 0.293 e. The molecule has 1 rings (SSSR count). The molecule has 1 N–H and O–H groups in total. The van der Waals surface area contributed by atoms with Crippen LogP contribution in [0.1, 0.15) is 41.5 Å². The Morgan fingerprint density at radius 3 is 2.25 bits per heavy atom. The second-order valence-corrected chi connectivity index (χ2v) is 6.66. The lowest BCUT2D eigenvalue weighted by atomic mass is 9.85. The summed E-state index contributed by atoms with van der Waals surface area (Å²) in [5.41, 5.74) is -0.0209. The van der Waals surface area contributed by atoms with E-state index in [9.17, 15) is 4.79 Å². The molecule has 0 amide bonds. The Labute approximate surface area is 122 Å². The molecule has 0 saturated heterocycles. The molecular weight excluding hydrogens is 250 g/mol. The van der Waals surface area contributed by atoms with Crippen LogP contribution in [0.5, 0.6) is 0 Å². The van der Waals surface area contributed by atoms with Crippen LogP contribution in [-0.2, 0) is 6.54 Å². The molecule has 0 fully saturated rings. The van der Waals surface area contributed by atoms with Gasteiger partial charge in [0.2, 0.25) is 0 Å². The topological polar surface area (TPSA) is 46.9 Å². The summed E-state index contributed by atoms with van der Waals surface area (Å²) in [6.07, 6.45) is 3.46.